The summed E-state index contributed by atoms with van der Waals surface area (Å²) in [7, 11) is 0. The molecule has 0 aliphatic rings. The maximum absolute atomic E-state index is 13.3. The number of carbonyl (C=O) groups is 1. The number of anilines is 1. The van der Waals surface area contributed by atoms with Gasteiger partial charge in [-0.3, -0.25) is 14.9 Å². The number of carbonyl (C=O) groups excluding carboxylic acids is 1. The van der Waals surface area contributed by atoms with Gasteiger partial charge in [-0.15, -0.1) is 0 Å². The topological polar surface area (TPSA) is 88.8 Å². The molecular formula is C17H18ClFN3O3+. The first-order valence-electron chi connectivity index (χ1n) is 7.63. The summed E-state index contributed by atoms with van der Waals surface area (Å²) in [6.45, 7) is 3.63. The van der Waals surface area contributed by atoms with Gasteiger partial charge in [-0.2, -0.15) is 4.39 Å². The summed E-state index contributed by atoms with van der Waals surface area (Å²) in [5.41, 5.74) is 0.392. The van der Waals surface area contributed by atoms with Crippen LogP contribution >= 0.6 is 11.6 Å². The summed E-state index contributed by atoms with van der Waals surface area (Å²) in [5.74, 6) is -1.30. The van der Waals surface area contributed by atoms with Crippen LogP contribution in [-0.4, -0.2) is 16.9 Å². The highest BCUT2D eigenvalue weighted by molar-refractivity contribution is 6.31. The lowest BCUT2D eigenvalue weighted by molar-refractivity contribution is -0.709. The maximum Gasteiger partial charge on any atom is 0.306 e. The predicted molar refractivity (Wildman–Crippen MR) is 92.9 cm³/mol. The van der Waals surface area contributed by atoms with Crippen LogP contribution in [0.3, 0.4) is 0 Å². The maximum atomic E-state index is 13.3. The van der Waals surface area contributed by atoms with Crippen LogP contribution in [0, 0.1) is 15.9 Å². The van der Waals surface area contributed by atoms with Crippen LogP contribution in [-0.2, 0) is 4.79 Å². The predicted octanol–water partition coefficient (Wildman–Crippen LogP) is 3.04. The zero-order valence-corrected chi connectivity index (χ0v) is 14.5. The van der Waals surface area contributed by atoms with E-state index in [1.165, 1.54) is 6.07 Å². The number of halogens is 2. The third-order valence-electron chi connectivity index (χ3n) is 3.80. The highest BCUT2D eigenvalue weighted by Gasteiger charge is 2.23. The van der Waals surface area contributed by atoms with E-state index in [1.807, 2.05) is 30.4 Å². The van der Waals surface area contributed by atoms with Gasteiger partial charge in [0.25, 0.3) is 5.91 Å². The zero-order chi connectivity index (χ0) is 18.6. The number of nitrogens with two attached hydrogens (primary N) is 1. The molecule has 3 N–H and O–H groups in total. The molecular weight excluding hydrogens is 349 g/mol. The molecule has 0 aliphatic heterocycles. The number of amides is 1. The Bertz CT molecular complexity index is 800. The van der Waals surface area contributed by atoms with Crippen molar-refractivity contribution < 1.29 is 19.4 Å². The molecule has 2 aromatic carbocycles. The van der Waals surface area contributed by atoms with E-state index >= 15 is 0 Å². The van der Waals surface area contributed by atoms with Crippen LogP contribution in [0.4, 0.5) is 15.8 Å². The molecule has 0 fully saturated rings. The Labute approximate surface area is 149 Å². The number of rotatable bonds is 6. The zero-order valence-electron chi connectivity index (χ0n) is 13.7. The first-order valence-corrected chi connectivity index (χ1v) is 8.01. The van der Waals surface area contributed by atoms with E-state index in [2.05, 4.69) is 5.32 Å². The summed E-state index contributed by atoms with van der Waals surface area (Å²) in [6.07, 6.45) is 0. The second kappa shape index (κ2) is 8.04. The average molecular weight is 367 g/mol. The van der Waals surface area contributed by atoms with Gasteiger partial charge in [0, 0.05) is 22.3 Å². The fourth-order valence-corrected chi connectivity index (χ4v) is 2.76. The van der Waals surface area contributed by atoms with Gasteiger partial charge in [0.15, 0.2) is 6.04 Å². The van der Waals surface area contributed by atoms with Gasteiger partial charge in [0.05, 0.1) is 4.92 Å². The van der Waals surface area contributed by atoms with E-state index in [0.717, 1.165) is 17.7 Å². The minimum absolute atomic E-state index is 0.0583. The largest absolute Gasteiger partial charge is 0.330 e. The van der Waals surface area contributed by atoms with E-state index in [-0.39, 0.29) is 17.6 Å². The second-order valence-electron chi connectivity index (χ2n) is 5.70. The summed E-state index contributed by atoms with van der Waals surface area (Å²) >= 11 is 6.15. The molecule has 2 rings (SSSR count). The SMILES string of the molecule is C[C@H]([NH2+][C@H](C)c1ccccc1Cl)C(=O)Nc1ccc(F)c([N+](=O)[O-])c1. The molecule has 6 nitrogen and oxygen atoms in total. The van der Waals surface area contributed by atoms with Gasteiger partial charge in [-0.05, 0) is 32.0 Å². The molecule has 1 amide bonds. The highest BCUT2D eigenvalue weighted by Crippen LogP contribution is 2.22. The quantitative estimate of drug-likeness (QED) is 0.608. The Morgan fingerprint density at radius 2 is 1.96 bits per heavy atom. The summed E-state index contributed by atoms with van der Waals surface area (Å²) in [6, 6.07) is 10.1. The Morgan fingerprint density at radius 3 is 2.60 bits per heavy atom. The molecule has 25 heavy (non-hydrogen) atoms. The molecule has 0 spiro atoms. The van der Waals surface area contributed by atoms with Crippen LogP contribution in [0.2, 0.25) is 5.02 Å². The third-order valence-corrected chi connectivity index (χ3v) is 4.14. The first kappa shape index (κ1) is 18.8. The molecule has 132 valence electrons. The lowest BCUT2D eigenvalue weighted by atomic mass is 10.1. The second-order valence-corrected chi connectivity index (χ2v) is 6.11. The summed E-state index contributed by atoms with van der Waals surface area (Å²) in [4.78, 5) is 22.2. The number of nitrogens with one attached hydrogen (secondary N) is 1. The van der Waals surface area contributed by atoms with E-state index in [0.29, 0.717) is 5.02 Å². The van der Waals surface area contributed by atoms with Crippen molar-refractivity contribution in [3.63, 3.8) is 0 Å². The van der Waals surface area contributed by atoms with E-state index in [1.54, 1.807) is 13.0 Å². The smallest absolute Gasteiger partial charge is 0.306 e. The highest BCUT2D eigenvalue weighted by atomic mass is 35.5. The molecule has 0 heterocycles. The van der Waals surface area contributed by atoms with Crippen LogP contribution in [0.15, 0.2) is 42.5 Å². The molecule has 8 heteroatoms. The van der Waals surface area contributed by atoms with E-state index in [4.69, 9.17) is 11.6 Å². The Kier molecular flexibility index (Phi) is 6.06. The van der Waals surface area contributed by atoms with Gasteiger partial charge >= 0.3 is 5.69 Å². The fourth-order valence-electron chi connectivity index (χ4n) is 2.45. The van der Waals surface area contributed by atoms with Crippen molar-refractivity contribution in [1.29, 1.82) is 0 Å². The molecule has 0 aliphatic carbocycles. The van der Waals surface area contributed by atoms with Crippen molar-refractivity contribution >= 4 is 28.9 Å². The van der Waals surface area contributed by atoms with Crippen LogP contribution in [0.1, 0.15) is 25.5 Å². The Morgan fingerprint density at radius 1 is 1.28 bits per heavy atom. The summed E-state index contributed by atoms with van der Waals surface area (Å²) < 4.78 is 13.3. The number of nitro benzene ring substituents is 1. The molecule has 0 saturated carbocycles. The van der Waals surface area contributed by atoms with Crippen LogP contribution < -0.4 is 10.6 Å². The lowest BCUT2D eigenvalue weighted by Crippen LogP contribution is -2.91. The molecule has 0 bridgehead atoms. The normalized spacial score (nSPS) is 13.1. The third kappa shape index (κ3) is 4.74. The lowest BCUT2D eigenvalue weighted by Gasteiger charge is -2.17. The first-order chi connectivity index (χ1) is 11.8. The van der Waals surface area contributed by atoms with Crippen LogP contribution in [0.5, 0.6) is 0 Å². The molecule has 0 radical (unpaired) electrons. The van der Waals surface area contributed by atoms with Gasteiger partial charge in [0.1, 0.15) is 6.04 Å². The van der Waals surface area contributed by atoms with E-state index in [9.17, 15) is 19.3 Å². The summed E-state index contributed by atoms with van der Waals surface area (Å²) in [5, 5.41) is 15.8. The van der Waals surface area contributed by atoms with Crippen molar-refractivity contribution in [1.82, 2.24) is 0 Å². The fraction of sp³-hybridized carbons (Fsp3) is 0.235. The molecule has 2 aromatic rings. The molecule has 0 saturated heterocycles. The van der Waals surface area contributed by atoms with Crippen LogP contribution in [0.25, 0.3) is 0 Å². The van der Waals surface area contributed by atoms with E-state index < -0.39 is 22.5 Å². The Hall–Kier alpha value is -2.51. The van der Waals surface area contributed by atoms with Crippen molar-refractivity contribution in [2.24, 2.45) is 0 Å². The van der Waals surface area contributed by atoms with Gasteiger partial charge in [-0.25, -0.2) is 0 Å². The van der Waals surface area contributed by atoms with Gasteiger partial charge < -0.3 is 10.6 Å². The minimum atomic E-state index is -0.949. The number of nitrogens with zero attached hydrogens (tertiary/aromatic N) is 1. The van der Waals surface area contributed by atoms with Crippen molar-refractivity contribution in [3.8, 4) is 0 Å². The van der Waals surface area contributed by atoms with Gasteiger partial charge in [0.2, 0.25) is 5.82 Å². The molecule has 2 atom stereocenters. The van der Waals surface area contributed by atoms with Gasteiger partial charge in [-0.1, -0.05) is 29.8 Å². The number of benzene rings is 2. The molecule has 0 unspecified atom stereocenters. The minimum Gasteiger partial charge on any atom is -0.330 e. The molecule has 0 aromatic heterocycles. The average Bonchev–Trinajstić information content (AvgIpc) is 2.56. The number of quaternary nitrogens is 1. The number of hydrogen-bond donors (Lipinski definition) is 2. The van der Waals surface area contributed by atoms with Crippen molar-refractivity contribution in [2.45, 2.75) is 25.9 Å². The standard InChI is InChI=1S/C17H17ClFN3O3/c1-10(13-5-3-4-6-14(13)18)20-11(2)17(23)21-12-7-8-15(19)16(9-12)22(24)25/h3-11,20H,1-2H3,(H,21,23)/p+1/t10-,11+/m1/s1. The Balaban J connectivity index is 2.04. The monoisotopic (exact) mass is 366 g/mol. The van der Waals surface area contributed by atoms with Crippen molar-refractivity contribution in [2.75, 3.05) is 5.32 Å². The van der Waals surface area contributed by atoms with Crippen molar-refractivity contribution in [3.05, 3.63) is 69.0 Å². The number of hydrogen-bond acceptors (Lipinski definition) is 3. The number of nitro groups is 1.